The van der Waals surface area contributed by atoms with Gasteiger partial charge in [0, 0.05) is 0 Å². The maximum atomic E-state index is 9.97. The Hall–Kier alpha value is -3.72. The fourth-order valence-corrected chi connectivity index (χ4v) is 0.725. The van der Waals surface area contributed by atoms with E-state index in [0.717, 1.165) is 0 Å². The van der Waals surface area contributed by atoms with Crippen LogP contribution < -0.4 is 11.5 Å². The van der Waals surface area contributed by atoms with Gasteiger partial charge >= 0.3 is 0 Å². The van der Waals surface area contributed by atoms with Gasteiger partial charge in [-0.3, -0.25) is 0 Å². The van der Waals surface area contributed by atoms with Crippen molar-refractivity contribution < 1.29 is 10.1 Å². The summed E-state index contributed by atoms with van der Waals surface area (Å²) in [5.74, 6) is -2.32. The van der Waals surface area contributed by atoms with Gasteiger partial charge < -0.3 is 21.5 Å². The molecule has 106 valence electrons. The third kappa shape index (κ3) is 5.07. The van der Waals surface area contributed by atoms with Crippen molar-refractivity contribution in [3.05, 3.63) is 31.1 Å². The summed E-state index contributed by atoms with van der Waals surface area (Å²) in [4.78, 5) is 26.5. The molecule has 0 aliphatic heterocycles. The molecule has 1 rings (SSSR count). The van der Waals surface area contributed by atoms with E-state index in [1.54, 1.807) is 0 Å². The van der Waals surface area contributed by atoms with Gasteiger partial charge in [-0.25, -0.2) is 20.2 Å². The molecule has 0 aliphatic carbocycles. The van der Waals surface area contributed by atoms with Crippen LogP contribution in [0, 0.1) is 20.2 Å². The van der Waals surface area contributed by atoms with Crippen LogP contribution in [0.3, 0.4) is 0 Å². The molecule has 0 atom stereocenters. The Labute approximate surface area is 108 Å². The predicted octanol–water partition coefficient (Wildman–Crippen LogP) is -1.71. The molecule has 1 aromatic heterocycles. The van der Waals surface area contributed by atoms with Crippen molar-refractivity contribution in [2.45, 2.75) is 0 Å². The van der Waals surface area contributed by atoms with E-state index < -0.39 is 33.9 Å². The summed E-state index contributed by atoms with van der Waals surface area (Å²) in [7, 11) is 0. The average Bonchev–Trinajstić information content (AvgIpc) is 2.29. The minimum atomic E-state index is -1.07. The van der Waals surface area contributed by atoms with Crippen LogP contribution in [0.4, 0.5) is 11.9 Å². The van der Waals surface area contributed by atoms with Gasteiger partial charge in [0.2, 0.25) is 11.9 Å². The Morgan fingerprint density at radius 2 is 1.20 bits per heavy atom. The fraction of sp³-hybridized carbons (Fsp3) is 0. The number of nitrogens with two attached hydrogens (primary N) is 2. The molecular formula is C4H4N12O4-2. The second-order valence-corrected chi connectivity index (χ2v) is 2.62. The molecule has 4 N–H and O–H groups in total. The Morgan fingerprint density at radius 1 is 0.900 bits per heavy atom. The number of aromatic nitrogens is 4. The van der Waals surface area contributed by atoms with E-state index in [1.165, 1.54) is 0 Å². The summed E-state index contributed by atoms with van der Waals surface area (Å²) in [6.07, 6.45) is 0. The summed E-state index contributed by atoms with van der Waals surface area (Å²) in [6.45, 7) is 0. The van der Waals surface area contributed by atoms with Crippen LogP contribution in [0.5, 0.6) is 0 Å². The highest BCUT2D eigenvalue weighted by molar-refractivity contribution is 5.90. The lowest BCUT2D eigenvalue weighted by Crippen LogP contribution is -2.14. The summed E-state index contributed by atoms with van der Waals surface area (Å²) in [6, 6.07) is 0. The number of rotatable bonds is 4. The van der Waals surface area contributed by atoms with E-state index in [2.05, 4.69) is 41.2 Å². The van der Waals surface area contributed by atoms with Gasteiger partial charge in [0.05, 0.1) is 11.9 Å². The minimum Gasteiger partial charge on any atom is -0.449 e. The summed E-state index contributed by atoms with van der Waals surface area (Å²) >= 11 is 0. The molecule has 0 saturated heterocycles. The standard InChI is InChI=1S/C4H4N12O4/c5-1(13-15(17)18)7-3-9-11-4(12-10-3)8-2(6)14-16(19)20/h(H4-2,5,6,7,8,9,10,11,12,13,14)/q-2. The van der Waals surface area contributed by atoms with Crippen molar-refractivity contribution in [3.8, 4) is 0 Å². The van der Waals surface area contributed by atoms with E-state index in [1.807, 2.05) is 0 Å². The van der Waals surface area contributed by atoms with Crippen molar-refractivity contribution in [1.29, 1.82) is 0 Å². The molecule has 0 amide bonds. The lowest BCUT2D eigenvalue weighted by atomic mass is 10.9. The van der Waals surface area contributed by atoms with Crippen LogP contribution in [0.2, 0.25) is 0 Å². The monoisotopic (exact) mass is 284 g/mol. The van der Waals surface area contributed by atoms with Crippen LogP contribution in [-0.2, 0) is 0 Å². The number of hydrogen-bond donors (Lipinski definition) is 2. The minimum absolute atomic E-state index is 0.433. The summed E-state index contributed by atoms with van der Waals surface area (Å²) < 4.78 is 0. The molecule has 0 saturated carbocycles. The zero-order chi connectivity index (χ0) is 15.1. The average molecular weight is 284 g/mol. The third-order valence-electron chi connectivity index (χ3n) is 1.26. The summed E-state index contributed by atoms with van der Waals surface area (Å²) in [5, 5.41) is 31.0. The molecule has 20 heavy (non-hydrogen) atoms. The molecule has 16 heteroatoms. The quantitative estimate of drug-likeness (QED) is 0.274. The van der Waals surface area contributed by atoms with Crippen molar-refractivity contribution in [2.24, 2.45) is 21.5 Å². The normalized spacial score (nSPS) is 11.8. The smallest absolute Gasteiger partial charge is 0.221 e. The SMILES string of the molecule is N/C(=N\c1nnc(/N=C(\N)[N-][N+](=O)[O-])nn1)[N-][N+](=O)[O-]. The lowest BCUT2D eigenvalue weighted by Gasteiger charge is -2.03. The van der Waals surface area contributed by atoms with Crippen LogP contribution in [0.1, 0.15) is 0 Å². The number of nitrogens with zero attached hydrogens (tertiary/aromatic N) is 10. The topological polar surface area (TPSA) is 243 Å². The highest BCUT2D eigenvalue weighted by Crippen LogP contribution is 2.05. The first-order valence-electron chi connectivity index (χ1n) is 4.34. The van der Waals surface area contributed by atoms with Gasteiger partial charge in [-0.15, -0.1) is 20.4 Å². The van der Waals surface area contributed by atoms with E-state index in [-0.39, 0.29) is 0 Å². The van der Waals surface area contributed by atoms with Gasteiger partial charge in [-0.1, -0.05) is 10.9 Å². The van der Waals surface area contributed by atoms with Crippen molar-refractivity contribution >= 4 is 23.8 Å². The highest BCUT2D eigenvalue weighted by Gasteiger charge is 1.98. The lowest BCUT2D eigenvalue weighted by molar-refractivity contribution is -0.416. The first kappa shape index (κ1) is 14.3. The zero-order valence-electron chi connectivity index (χ0n) is 9.26. The maximum absolute atomic E-state index is 9.97. The van der Waals surface area contributed by atoms with Gasteiger partial charge in [-0.05, 0) is 0 Å². The molecule has 1 aromatic rings. The largest absolute Gasteiger partial charge is 0.449 e. The third-order valence-corrected chi connectivity index (χ3v) is 1.26. The summed E-state index contributed by atoms with van der Waals surface area (Å²) in [5.41, 5.74) is 15.4. The molecule has 0 radical (unpaired) electrons. The van der Waals surface area contributed by atoms with Crippen LogP contribution in [0.25, 0.3) is 10.9 Å². The van der Waals surface area contributed by atoms with Crippen molar-refractivity contribution in [3.63, 3.8) is 0 Å². The van der Waals surface area contributed by atoms with Gasteiger partial charge in [0.25, 0.3) is 0 Å². The Bertz CT molecular complexity index is 512. The van der Waals surface area contributed by atoms with Crippen molar-refractivity contribution in [2.75, 3.05) is 0 Å². The van der Waals surface area contributed by atoms with Gasteiger partial charge in [-0.2, -0.15) is 0 Å². The molecule has 0 aromatic carbocycles. The van der Waals surface area contributed by atoms with Crippen molar-refractivity contribution in [1.82, 2.24) is 20.4 Å². The second-order valence-electron chi connectivity index (χ2n) is 2.62. The molecule has 0 bridgehead atoms. The van der Waals surface area contributed by atoms with Crippen LogP contribution in [-0.4, -0.2) is 42.4 Å². The Kier molecular flexibility index (Phi) is 4.50. The first-order valence-corrected chi connectivity index (χ1v) is 4.34. The molecular weight excluding hydrogens is 280 g/mol. The van der Waals surface area contributed by atoms with Crippen LogP contribution in [0.15, 0.2) is 9.98 Å². The zero-order valence-corrected chi connectivity index (χ0v) is 9.26. The molecule has 16 nitrogen and oxygen atoms in total. The Balaban J connectivity index is 2.79. The number of hydrogen-bond acceptors (Lipinski definition) is 10. The second kappa shape index (κ2) is 6.28. The van der Waals surface area contributed by atoms with Gasteiger partial charge in [0.15, 0.2) is 0 Å². The van der Waals surface area contributed by atoms with E-state index in [9.17, 15) is 20.2 Å². The fourth-order valence-electron chi connectivity index (χ4n) is 0.725. The molecule has 0 fully saturated rings. The highest BCUT2D eigenvalue weighted by atomic mass is 16.7. The number of nitro groups is 2. The predicted molar refractivity (Wildman–Crippen MR) is 60.9 cm³/mol. The van der Waals surface area contributed by atoms with E-state index in [4.69, 9.17) is 11.5 Å². The van der Waals surface area contributed by atoms with E-state index in [0.29, 0.717) is 0 Å². The molecule has 0 unspecified atom stereocenters. The van der Waals surface area contributed by atoms with E-state index >= 15 is 0 Å². The maximum Gasteiger partial charge on any atom is 0.221 e. The number of guanidine groups is 2. The van der Waals surface area contributed by atoms with Gasteiger partial charge in [0.1, 0.15) is 10.1 Å². The Morgan fingerprint density at radius 3 is 1.45 bits per heavy atom. The number of aliphatic imine (C=N–C) groups is 2. The molecule has 0 aliphatic rings. The van der Waals surface area contributed by atoms with Crippen LogP contribution >= 0.6 is 0 Å². The molecule has 1 heterocycles. The first-order chi connectivity index (χ1) is 9.36. The molecule has 0 spiro atoms.